The van der Waals surface area contributed by atoms with Gasteiger partial charge in [-0.3, -0.25) is 5.10 Å². The van der Waals surface area contributed by atoms with Crippen molar-refractivity contribution >= 4 is 40.9 Å². The van der Waals surface area contributed by atoms with Crippen LogP contribution in [0.15, 0.2) is 53.5 Å². The summed E-state index contributed by atoms with van der Waals surface area (Å²) in [6.07, 6.45) is 14.8. The minimum atomic E-state index is -0.391. The van der Waals surface area contributed by atoms with Crippen molar-refractivity contribution in [3.63, 3.8) is 0 Å². The van der Waals surface area contributed by atoms with E-state index in [1.165, 1.54) is 57.8 Å². The zero-order valence-electron chi connectivity index (χ0n) is 29.8. The maximum atomic E-state index is 6.61. The highest BCUT2D eigenvalue weighted by molar-refractivity contribution is 6.34. The van der Waals surface area contributed by atoms with Gasteiger partial charge in [-0.1, -0.05) is 146 Å². The summed E-state index contributed by atoms with van der Waals surface area (Å²) in [4.78, 5) is 4.61. The topological polar surface area (TPSA) is 98.1 Å². The molecule has 0 radical (unpaired) electrons. The van der Waals surface area contributed by atoms with Crippen molar-refractivity contribution in [2.45, 2.75) is 111 Å². The van der Waals surface area contributed by atoms with Gasteiger partial charge in [0.05, 0.1) is 6.61 Å². The second kappa shape index (κ2) is 19.8. The highest BCUT2D eigenvalue weighted by Gasteiger charge is 2.25. The lowest BCUT2D eigenvalue weighted by Crippen LogP contribution is -2.40. The lowest BCUT2D eigenvalue weighted by Gasteiger charge is -2.29. The first-order valence-electron chi connectivity index (χ1n) is 17.8. The van der Waals surface area contributed by atoms with Crippen LogP contribution in [-0.4, -0.2) is 45.8 Å². The Balaban J connectivity index is 1.31. The predicted molar refractivity (Wildman–Crippen MR) is 201 cm³/mol. The fourth-order valence-electron chi connectivity index (χ4n) is 5.94. The molecule has 0 bridgehead atoms. The summed E-state index contributed by atoms with van der Waals surface area (Å²) < 4.78 is 20.1. The van der Waals surface area contributed by atoms with Crippen LogP contribution >= 0.6 is 23.2 Å². The van der Waals surface area contributed by atoms with Crippen molar-refractivity contribution in [1.82, 2.24) is 25.1 Å². The zero-order valence-corrected chi connectivity index (χ0v) is 31.3. The van der Waals surface area contributed by atoms with E-state index >= 15 is 0 Å². The Bertz CT molecular complexity index is 1570. The molecule has 2 unspecified atom stereocenters. The molecule has 0 fully saturated rings. The van der Waals surface area contributed by atoms with Gasteiger partial charge < -0.3 is 14.2 Å². The maximum absolute atomic E-state index is 6.61. The Morgan fingerprint density at radius 3 is 2.31 bits per heavy atom. The average molecular weight is 714 g/mol. The van der Waals surface area contributed by atoms with Gasteiger partial charge >= 0.3 is 0 Å². The van der Waals surface area contributed by atoms with Crippen molar-refractivity contribution in [1.29, 1.82) is 0 Å². The first-order chi connectivity index (χ1) is 23.7. The zero-order chi connectivity index (χ0) is 35.1. The number of fused-ring (bicyclic) bond motifs is 1. The molecular weight excluding hydrogens is 659 g/mol. The average Bonchev–Trinajstić information content (AvgIpc) is 3.62. The number of H-pyrrole nitrogens is 1. The van der Waals surface area contributed by atoms with Crippen LogP contribution in [0.25, 0.3) is 17.0 Å². The summed E-state index contributed by atoms with van der Waals surface area (Å²) in [5.74, 6) is 1.85. The summed E-state index contributed by atoms with van der Waals surface area (Å²) in [7, 11) is 0. The molecule has 0 aliphatic rings. The summed E-state index contributed by atoms with van der Waals surface area (Å²) >= 11 is 12.9. The van der Waals surface area contributed by atoms with Crippen LogP contribution in [0.1, 0.15) is 105 Å². The van der Waals surface area contributed by atoms with E-state index in [1.54, 1.807) is 10.6 Å². The fraction of sp³-hybridized carbons (Fsp3) is 0.553. The van der Waals surface area contributed by atoms with Gasteiger partial charge in [0, 0.05) is 16.5 Å². The van der Waals surface area contributed by atoms with E-state index in [1.807, 2.05) is 42.5 Å². The molecule has 2 aromatic heterocycles. The summed E-state index contributed by atoms with van der Waals surface area (Å²) in [5, 5.41) is 16.0. The molecule has 11 heteroatoms. The van der Waals surface area contributed by atoms with Crippen LogP contribution in [0.5, 0.6) is 11.6 Å². The SMILES string of the molecule is CCCCCCCCCCCCOc1ccc(Cl)cc1N=COC(NCOc1[nH]n2c(-c3ccccc3)nnc2c1Cl)C(C)CC(C)(C)C. The lowest BCUT2D eigenvalue weighted by molar-refractivity contribution is 0.0582. The quantitative estimate of drug-likeness (QED) is 0.0364. The minimum Gasteiger partial charge on any atom is -0.491 e. The molecule has 0 saturated heterocycles. The third kappa shape index (κ3) is 12.5. The van der Waals surface area contributed by atoms with E-state index in [2.05, 4.69) is 60.2 Å². The second-order valence-electron chi connectivity index (χ2n) is 14.0. The highest BCUT2D eigenvalue weighted by atomic mass is 35.5. The molecule has 0 amide bonds. The molecule has 0 saturated carbocycles. The lowest BCUT2D eigenvalue weighted by atomic mass is 9.85. The van der Waals surface area contributed by atoms with Crippen molar-refractivity contribution < 1.29 is 14.2 Å². The number of ether oxygens (including phenoxy) is 3. The second-order valence-corrected chi connectivity index (χ2v) is 14.8. The van der Waals surface area contributed by atoms with Crippen LogP contribution in [0, 0.1) is 11.3 Å². The van der Waals surface area contributed by atoms with Gasteiger partial charge in [-0.05, 0) is 36.5 Å². The standard InChI is InChI=1S/C38H54Cl2N6O3/c1-6-7-8-9-10-11-12-13-14-18-23-47-32-22-21-30(39)24-31(32)41-26-48-36(28(2)25-38(3,4)5)42-27-49-37-33(40)35-44-43-34(46(35)45-37)29-19-16-15-17-20-29/h15-17,19-22,24,26,28,36,42,45H,6-14,18,23,25,27H2,1-5H3. The number of aromatic nitrogens is 4. The Kier molecular flexibility index (Phi) is 15.6. The Labute approximate surface area is 302 Å². The summed E-state index contributed by atoms with van der Waals surface area (Å²) in [5.41, 5.74) is 2.12. The monoisotopic (exact) mass is 712 g/mol. The molecule has 9 nitrogen and oxygen atoms in total. The molecule has 49 heavy (non-hydrogen) atoms. The molecule has 4 rings (SSSR count). The molecule has 0 aliphatic carbocycles. The number of halogens is 2. The van der Waals surface area contributed by atoms with Gasteiger partial charge in [-0.2, -0.15) is 0 Å². The number of benzene rings is 2. The third-order valence-electron chi connectivity index (χ3n) is 8.33. The number of hydrogen-bond acceptors (Lipinski definition) is 7. The van der Waals surface area contributed by atoms with Gasteiger partial charge in [-0.15, -0.1) is 10.2 Å². The molecule has 2 heterocycles. The van der Waals surface area contributed by atoms with Gasteiger partial charge in [0.25, 0.3) is 0 Å². The number of rotatable bonds is 22. The van der Waals surface area contributed by atoms with Crippen LogP contribution < -0.4 is 14.8 Å². The van der Waals surface area contributed by atoms with E-state index in [0.717, 1.165) is 24.8 Å². The normalized spacial score (nSPS) is 13.3. The number of aromatic amines is 1. The largest absolute Gasteiger partial charge is 0.491 e. The molecule has 268 valence electrons. The van der Waals surface area contributed by atoms with Gasteiger partial charge in [-0.25, -0.2) is 14.8 Å². The Hall–Kier alpha value is -3.27. The van der Waals surface area contributed by atoms with Crippen LogP contribution in [0.2, 0.25) is 10.0 Å². The molecule has 2 atom stereocenters. The van der Waals surface area contributed by atoms with E-state index in [0.29, 0.717) is 45.4 Å². The maximum Gasteiger partial charge on any atom is 0.230 e. The first-order valence-corrected chi connectivity index (χ1v) is 18.6. The molecule has 0 aliphatic heterocycles. The Morgan fingerprint density at radius 2 is 1.61 bits per heavy atom. The number of hydrogen-bond donors (Lipinski definition) is 2. The van der Waals surface area contributed by atoms with Gasteiger partial charge in [0.2, 0.25) is 5.88 Å². The van der Waals surface area contributed by atoms with Crippen LogP contribution in [0.3, 0.4) is 0 Å². The van der Waals surface area contributed by atoms with E-state index in [4.69, 9.17) is 37.4 Å². The van der Waals surface area contributed by atoms with Crippen LogP contribution in [-0.2, 0) is 4.74 Å². The number of aliphatic imine (C=N–C) groups is 1. The van der Waals surface area contributed by atoms with E-state index < -0.39 is 6.23 Å². The third-order valence-corrected chi connectivity index (χ3v) is 8.91. The van der Waals surface area contributed by atoms with Crippen LogP contribution in [0.4, 0.5) is 5.69 Å². The predicted octanol–water partition coefficient (Wildman–Crippen LogP) is 11.0. The van der Waals surface area contributed by atoms with Crippen molar-refractivity contribution in [2.24, 2.45) is 16.3 Å². The van der Waals surface area contributed by atoms with Gasteiger partial charge in [0.15, 0.2) is 24.1 Å². The number of nitrogens with zero attached hydrogens (tertiary/aromatic N) is 4. The van der Waals surface area contributed by atoms with E-state index in [-0.39, 0.29) is 18.1 Å². The number of nitrogens with one attached hydrogen (secondary N) is 2. The highest BCUT2D eigenvalue weighted by Crippen LogP contribution is 2.32. The molecule has 0 spiro atoms. The summed E-state index contributed by atoms with van der Waals surface area (Å²) in [6, 6.07) is 15.3. The van der Waals surface area contributed by atoms with Crippen molar-refractivity contribution in [3.8, 4) is 23.0 Å². The summed E-state index contributed by atoms with van der Waals surface area (Å²) in [6.45, 7) is 11.8. The van der Waals surface area contributed by atoms with Crippen molar-refractivity contribution in [3.05, 3.63) is 58.6 Å². The van der Waals surface area contributed by atoms with Gasteiger partial charge in [0.1, 0.15) is 23.2 Å². The molecular formula is C38H54Cl2N6O3. The minimum absolute atomic E-state index is 0.0954. The smallest absolute Gasteiger partial charge is 0.230 e. The van der Waals surface area contributed by atoms with E-state index in [9.17, 15) is 0 Å². The fourth-order valence-corrected chi connectivity index (χ4v) is 6.33. The molecule has 2 N–H and O–H groups in total. The molecule has 2 aromatic carbocycles. The molecule has 4 aromatic rings. The first kappa shape index (κ1) is 38.5. The number of unbranched alkanes of at least 4 members (excludes halogenated alkanes) is 9. The van der Waals surface area contributed by atoms with Crippen molar-refractivity contribution in [2.75, 3.05) is 13.3 Å². The Morgan fingerprint density at radius 1 is 0.918 bits per heavy atom.